The van der Waals surface area contributed by atoms with Gasteiger partial charge in [0.25, 0.3) is 0 Å². The quantitative estimate of drug-likeness (QED) is 0.163. The maximum Gasteiger partial charge on any atom is 0.315 e. The molecule has 2 aromatic heterocycles. The second-order valence-electron chi connectivity index (χ2n) is 12.6. The third kappa shape index (κ3) is 8.06. The number of urea groups is 1. The Hall–Kier alpha value is -3.70. The average molecular weight is 659 g/mol. The number of halogens is 1. The Labute approximate surface area is 282 Å². The fraction of sp³-hybridized carbons (Fsp3) is 0.472. The third-order valence-corrected chi connectivity index (χ3v) is 9.51. The number of carbonyl (C=O) groups excluding carboxylic acids is 1. The van der Waals surface area contributed by atoms with Crippen LogP contribution in [0.25, 0.3) is 22.2 Å². The first-order valence-corrected chi connectivity index (χ1v) is 17.4. The molecule has 11 heteroatoms. The summed E-state index contributed by atoms with van der Waals surface area (Å²) in [4.78, 5) is 20.6. The lowest BCUT2D eigenvalue weighted by Gasteiger charge is -2.31. The number of aryl methyl sites for hydroxylation is 2. The van der Waals surface area contributed by atoms with Crippen molar-refractivity contribution in [2.75, 3.05) is 38.2 Å². The van der Waals surface area contributed by atoms with Gasteiger partial charge in [-0.15, -0.1) is 0 Å². The number of anilines is 1. The molecule has 1 atom stereocenters. The number of amides is 2. The Kier molecular flexibility index (Phi) is 10.9. The van der Waals surface area contributed by atoms with E-state index in [4.69, 9.17) is 21.3 Å². The zero-order chi connectivity index (χ0) is 32.8. The lowest BCUT2D eigenvalue weighted by atomic mass is 10.0. The SMILES string of the molecule is CCc1nc2c(cnn2CC)c(NC2CCOCC2)c1CNC(=O)NCc1ccc(Cl)c(-c2cccc(CN3CCN[C@H](C)C3)c2)c1. The number of hydrogen-bond donors (Lipinski definition) is 4. The second-order valence-corrected chi connectivity index (χ2v) is 13.0. The molecule has 10 nitrogen and oxygen atoms in total. The summed E-state index contributed by atoms with van der Waals surface area (Å²) in [5, 5.41) is 19.7. The number of rotatable bonds is 11. The predicted molar refractivity (Wildman–Crippen MR) is 189 cm³/mol. The molecule has 2 fully saturated rings. The van der Waals surface area contributed by atoms with Crippen LogP contribution >= 0.6 is 11.6 Å². The normalized spacial score (nSPS) is 17.6. The Morgan fingerprint density at radius 3 is 2.70 bits per heavy atom. The van der Waals surface area contributed by atoms with E-state index in [0.717, 1.165) is 110 Å². The number of nitrogens with one attached hydrogen (secondary N) is 4. The van der Waals surface area contributed by atoms with Crippen LogP contribution in [0.4, 0.5) is 10.5 Å². The van der Waals surface area contributed by atoms with Crippen molar-refractivity contribution in [1.29, 1.82) is 0 Å². The highest BCUT2D eigenvalue weighted by molar-refractivity contribution is 6.33. The molecule has 0 bridgehead atoms. The van der Waals surface area contributed by atoms with Crippen molar-refractivity contribution in [1.82, 2.24) is 35.6 Å². The molecule has 0 radical (unpaired) electrons. The van der Waals surface area contributed by atoms with E-state index >= 15 is 0 Å². The highest BCUT2D eigenvalue weighted by atomic mass is 35.5. The molecule has 0 unspecified atom stereocenters. The van der Waals surface area contributed by atoms with E-state index in [0.29, 0.717) is 30.2 Å². The molecule has 2 aromatic carbocycles. The third-order valence-electron chi connectivity index (χ3n) is 9.18. The Balaban J connectivity index is 1.13. The molecule has 0 spiro atoms. The monoisotopic (exact) mass is 658 g/mol. The van der Waals surface area contributed by atoms with Crippen LogP contribution in [0.2, 0.25) is 5.02 Å². The van der Waals surface area contributed by atoms with E-state index in [-0.39, 0.29) is 6.03 Å². The fourth-order valence-corrected chi connectivity index (χ4v) is 6.90. The standard InChI is InChI=1S/C36H47ClN8O2/c1-4-33-30(34(42-28-11-15-47-16-12-28)31-21-41-45(5-2)35(31)43-33)20-40-36(46)39-19-25-9-10-32(37)29(18-25)27-8-6-7-26(17-27)23-44-14-13-38-24(3)22-44/h6-10,17-18,21,24,28,38H,4-5,11-16,19-20,22-23H2,1-3H3,(H,42,43)(H2,39,40,46)/t24-/m1/s1. The van der Waals surface area contributed by atoms with Crippen LogP contribution in [0.5, 0.6) is 0 Å². The highest BCUT2D eigenvalue weighted by Crippen LogP contribution is 2.32. The Bertz CT molecular complexity index is 1690. The first-order valence-electron chi connectivity index (χ1n) is 17.0. The predicted octanol–water partition coefficient (Wildman–Crippen LogP) is 5.72. The van der Waals surface area contributed by atoms with Crippen LogP contribution in [0, 0.1) is 0 Å². The molecule has 4 N–H and O–H groups in total. The number of nitrogens with zero attached hydrogens (tertiary/aromatic N) is 4. The molecule has 2 saturated heterocycles. The van der Waals surface area contributed by atoms with Crippen LogP contribution in [-0.2, 0) is 37.3 Å². The van der Waals surface area contributed by atoms with E-state index in [1.54, 1.807) is 0 Å². The van der Waals surface area contributed by atoms with Gasteiger partial charge in [-0.1, -0.05) is 42.8 Å². The Morgan fingerprint density at radius 2 is 1.91 bits per heavy atom. The number of aromatic nitrogens is 3. The maximum atomic E-state index is 13.2. The number of carbonyl (C=O) groups is 1. The van der Waals surface area contributed by atoms with Gasteiger partial charge in [-0.05, 0) is 68.0 Å². The number of pyridine rings is 1. The van der Waals surface area contributed by atoms with Gasteiger partial charge in [0.15, 0.2) is 5.65 Å². The van der Waals surface area contributed by atoms with Gasteiger partial charge in [-0.25, -0.2) is 14.5 Å². The minimum absolute atomic E-state index is 0.239. The van der Waals surface area contributed by atoms with Gasteiger partial charge in [-0.2, -0.15) is 5.10 Å². The summed E-state index contributed by atoms with van der Waals surface area (Å²) in [7, 11) is 0. The molecule has 2 aliphatic rings. The van der Waals surface area contributed by atoms with Gasteiger partial charge in [0, 0.05) is 93.0 Å². The molecule has 2 aliphatic heterocycles. The highest BCUT2D eigenvalue weighted by Gasteiger charge is 2.22. The van der Waals surface area contributed by atoms with Gasteiger partial charge in [0.05, 0.1) is 17.3 Å². The molecule has 0 aliphatic carbocycles. The van der Waals surface area contributed by atoms with Crippen molar-refractivity contribution >= 4 is 34.4 Å². The molecule has 47 heavy (non-hydrogen) atoms. The van der Waals surface area contributed by atoms with E-state index in [1.165, 1.54) is 5.56 Å². The number of ether oxygens (including phenoxy) is 1. The lowest BCUT2D eigenvalue weighted by Crippen LogP contribution is -2.48. The van der Waals surface area contributed by atoms with Gasteiger partial charge in [-0.3, -0.25) is 4.90 Å². The van der Waals surface area contributed by atoms with Gasteiger partial charge in [0.2, 0.25) is 0 Å². The minimum atomic E-state index is -0.239. The zero-order valence-corrected chi connectivity index (χ0v) is 28.5. The Morgan fingerprint density at radius 1 is 1.09 bits per heavy atom. The molecular weight excluding hydrogens is 612 g/mol. The van der Waals surface area contributed by atoms with Gasteiger partial charge < -0.3 is 26.0 Å². The molecule has 250 valence electrons. The summed E-state index contributed by atoms with van der Waals surface area (Å²) >= 11 is 6.70. The van der Waals surface area contributed by atoms with E-state index in [9.17, 15) is 4.79 Å². The van der Waals surface area contributed by atoms with Crippen molar-refractivity contribution in [3.05, 3.63) is 76.1 Å². The molecular formula is C36H47ClN8O2. The molecule has 6 rings (SSSR count). The van der Waals surface area contributed by atoms with Crippen molar-refractivity contribution in [3.63, 3.8) is 0 Å². The summed E-state index contributed by atoms with van der Waals surface area (Å²) in [5.41, 5.74) is 8.12. The summed E-state index contributed by atoms with van der Waals surface area (Å²) < 4.78 is 7.52. The molecule has 2 amide bonds. The van der Waals surface area contributed by atoms with Gasteiger partial charge in [0.1, 0.15) is 0 Å². The number of fused-ring (bicyclic) bond motifs is 1. The van der Waals surface area contributed by atoms with Crippen molar-refractivity contribution in [3.8, 4) is 11.1 Å². The first-order chi connectivity index (χ1) is 22.9. The summed E-state index contributed by atoms with van der Waals surface area (Å²) in [5.74, 6) is 0. The van der Waals surface area contributed by atoms with E-state index < -0.39 is 0 Å². The smallest absolute Gasteiger partial charge is 0.315 e. The topological polar surface area (TPSA) is 108 Å². The van der Waals surface area contributed by atoms with Gasteiger partial charge >= 0.3 is 6.03 Å². The zero-order valence-electron chi connectivity index (χ0n) is 27.7. The summed E-state index contributed by atoms with van der Waals surface area (Å²) in [6.07, 6.45) is 4.50. The minimum Gasteiger partial charge on any atom is -0.381 e. The maximum absolute atomic E-state index is 13.2. The van der Waals surface area contributed by atoms with Crippen LogP contribution in [-0.4, -0.2) is 70.6 Å². The second kappa shape index (κ2) is 15.5. The fourth-order valence-electron chi connectivity index (χ4n) is 6.67. The van der Waals surface area contributed by atoms with E-state index in [1.807, 2.05) is 23.0 Å². The summed E-state index contributed by atoms with van der Waals surface area (Å²) in [6, 6.07) is 15.1. The number of hydrogen-bond acceptors (Lipinski definition) is 7. The number of benzene rings is 2. The molecule has 4 heterocycles. The van der Waals surface area contributed by atoms with Crippen LogP contribution in [0.3, 0.4) is 0 Å². The van der Waals surface area contributed by atoms with Crippen LogP contribution in [0.15, 0.2) is 48.7 Å². The van der Waals surface area contributed by atoms with Crippen molar-refractivity contribution in [2.45, 2.75) is 78.3 Å². The van der Waals surface area contributed by atoms with Crippen molar-refractivity contribution < 1.29 is 9.53 Å². The van der Waals surface area contributed by atoms with Crippen LogP contribution in [0.1, 0.15) is 56.0 Å². The summed E-state index contributed by atoms with van der Waals surface area (Å²) in [6.45, 7) is 13.4. The van der Waals surface area contributed by atoms with Crippen molar-refractivity contribution in [2.24, 2.45) is 0 Å². The van der Waals surface area contributed by atoms with Crippen LogP contribution < -0.4 is 21.3 Å². The molecule has 4 aromatic rings. The average Bonchev–Trinajstić information content (AvgIpc) is 3.50. The molecule has 0 saturated carbocycles. The largest absolute Gasteiger partial charge is 0.381 e. The van der Waals surface area contributed by atoms with E-state index in [2.05, 4.69) is 82.4 Å². The number of piperazine rings is 1. The lowest BCUT2D eigenvalue weighted by molar-refractivity contribution is 0.0904. The first kappa shape index (κ1) is 33.2.